The Morgan fingerprint density at radius 2 is 1.54 bits per heavy atom. The molecule has 6 N–H and O–H groups in total. The molecule has 0 spiro atoms. The van der Waals surface area contributed by atoms with E-state index in [0.29, 0.717) is 36.0 Å². The van der Waals surface area contributed by atoms with Gasteiger partial charge in [-0.05, 0) is 94.0 Å². The Morgan fingerprint density at radius 3 is 2.15 bits per heavy atom. The third-order valence-corrected chi connectivity index (χ3v) is 11.4. The van der Waals surface area contributed by atoms with E-state index >= 15 is 0 Å². The summed E-state index contributed by atoms with van der Waals surface area (Å²) in [5.41, 5.74) is 6.54. The number of aliphatic hydroxyl groups excluding tert-OH is 1. The van der Waals surface area contributed by atoms with Crippen molar-refractivity contribution in [3.63, 3.8) is 0 Å². The predicted molar refractivity (Wildman–Crippen MR) is 176 cm³/mol. The number of nitrogens with one attached hydrogen (secondary N) is 3. The molecule has 0 radical (unpaired) electrons. The van der Waals surface area contributed by atoms with Crippen molar-refractivity contribution in [2.75, 3.05) is 39.3 Å². The van der Waals surface area contributed by atoms with E-state index < -0.39 is 0 Å². The summed E-state index contributed by atoms with van der Waals surface area (Å²) in [6.45, 7) is 19.7. The van der Waals surface area contributed by atoms with E-state index in [1.54, 1.807) is 0 Å². The lowest BCUT2D eigenvalue weighted by molar-refractivity contribution is 0.105. The molecule has 6 nitrogen and oxygen atoms in total. The van der Waals surface area contributed by atoms with Crippen LogP contribution < -0.4 is 21.7 Å². The zero-order valence-corrected chi connectivity index (χ0v) is 28.1. The largest absolute Gasteiger partial charge is 0.392 e. The molecule has 0 unspecified atom stereocenters. The van der Waals surface area contributed by atoms with E-state index in [2.05, 4.69) is 55.5 Å². The summed E-state index contributed by atoms with van der Waals surface area (Å²) in [5.74, 6) is 3.16. The van der Waals surface area contributed by atoms with Crippen LogP contribution >= 0.6 is 0 Å². The Balaban J connectivity index is 1.52. The van der Waals surface area contributed by atoms with Gasteiger partial charge in [0, 0.05) is 50.3 Å². The van der Waals surface area contributed by atoms with Gasteiger partial charge in [0.05, 0.1) is 6.10 Å². The van der Waals surface area contributed by atoms with Crippen molar-refractivity contribution in [1.82, 2.24) is 20.9 Å². The molecule has 2 aliphatic carbocycles. The monoisotopic (exact) mass is 578 g/mol. The van der Waals surface area contributed by atoms with Crippen LogP contribution in [0.2, 0.25) is 0 Å². The summed E-state index contributed by atoms with van der Waals surface area (Å²) in [7, 11) is 0. The van der Waals surface area contributed by atoms with Crippen molar-refractivity contribution in [3.05, 3.63) is 0 Å². The van der Waals surface area contributed by atoms with Crippen LogP contribution in [-0.4, -0.2) is 79.5 Å². The molecule has 41 heavy (non-hydrogen) atoms. The fraction of sp³-hybridized carbons (Fsp3) is 1.00. The lowest BCUT2D eigenvalue weighted by Crippen LogP contribution is -2.54. The van der Waals surface area contributed by atoms with Crippen LogP contribution in [0.3, 0.4) is 0 Å². The van der Waals surface area contributed by atoms with Gasteiger partial charge in [-0.15, -0.1) is 0 Å². The van der Waals surface area contributed by atoms with Crippen LogP contribution in [-0.2, 0) is 0 Å². The van der Waals surface area contributed by atoms with Gasteiger partial charge in [-0.2, -0.15) is 0 Å². The number of nitrogens with zero attached hydrogens (tertiary/aromatic N) is 1. The SMILES string of the molecule is CC[C@H](C)[C@H](CN)NC[C@@H]1CCCN1C[C@H](NC[C@@H](CC1CCCCC1)NCC1CCC(C(C)(C)C)CC1)[C@@H](C)O. The van der Waals surface area contributed by atoms with E-state index in [9.17, 15) is 5.11 Å². The lowest BCUT2D eigenvalue weighted by Gasteiger charge is -2.38. The van der Waals surface area contributed by atoms with E-state index in [1.807, 2.05) is 6.92 Å². The van der Waals surface area contributed by atoms with Crippen LogP contribution in [0.5, 0.6) is 0 Å². The zero-order valence-electron chi connectivity index (χ0n) is 28.1. The lowest BCUT2D eigenvalue weighted by atomic mass is 9.70. The first-order valence-electron chi connectivity index (χ1n) is 17.9. The maximum absolute atomic E-state index is 10.8. The van der Waals surface area contributed by atoms with Gasteiger partial charge in [0.25, 0.3) is 0 Å². The van der Waals surface area contributed by atoms with Gasteiger partial charge < -0.3 is 26.8 Å². The van der Waals surface area contributed by atoms with Gasteiger partial charge in [0.2, 0.25) is 0 Å². The molecule has 3 aliphatic rings. The topological polar surface area (TPSA) is 85.6 Å². The van der Waals surface area contributed by atoms with Gasteiger partial charge in [0.15, 0.2) is 0 Å². The second-order valence-electron chi connectivity index (χ2n) is 15.6. The highest BCUT2D eigenvalue weighted by Crippen LogP contribution is 2.39. The summed E-state index contributed by atoms with van der Waals surface area (Å²) in [4.78, 5) is 2.62. The summed E-state index contributed by atoms with van der Waals surface area (Å²) < 4.78 is 0. The number of hydrogen-bond acceptors (Lipinski definition) is 6. The fourth-order valence-electron chi connectivity index (χ4n) is 8.02. The molecule has 0 bridgehead atoms. The van der Waals surface area contributed by atoms with E-state index in [-0.39, 0.29) is 12.1 Å². The van der Waals surface area contributed by atoms with Gasteiger partial charge in [-0.1, -0.05) is 73.1 Å². The van der Waals surface area contributed by atoms with Crippen LogP contribution in [0.25, 0.3) is 0 Å². The molecule has 2 saturated carbocycles. The molecule has 1 aliphatic heterocycles. The average Bonchev–Trinajstić information content (AvgIpc) is 3.40. The fourth-order valence-corrected chi connectivity index (χ4v) is 8.02. The Morgan fingerprint density at radius 1 is 0.829 bits per heavy atom. The zero-order chi connectivity index (χ0) is 29.8. The van der Waals surface area contributed by atoms with Gasteiger partial charge in [-0.3, -0.25) is 4.90 Å². The third kappa shape index (κ3) is 12.0. The second-order valence-corrected chi connectivity index (χ2v) is 15.6. The van der Waals surface area contributed by atoms with Crippen LogP contribution in [0.15, 0.2) is 0 Å². The Hall–Kier alpha value is -0.240. The number of rotatable bonds is 17. The van der Waals surface area contributed by atoms with Crippen molar-refractivity contribution in [1.29, 1.82) is 0 Å². The molecule has 0 aromatic rings. The molecule has 6 atom stereocenters. The van der Waals surface area contributed by atoms with Crippen molar-refractivity contribution in [2.24, 2.45) is 34.8 Å². The molecule has 0 aromatic carbocycles. The molecule has 0 aromatic heterocycles. The van der Waals surface area contributed by atoms with E-state index in [4.69, 9.17) is 5.73 Å². The minimum atomic E-state index is -0.357. The smallest absolute Gasteiger partial charge is 0.0677 e. The number of aliphatic hydroxyl groups is 1. The summed E-state index contributed by atoms with van der Waals surface area (Å²) in [6, 6.07) is 1.53. The van der Waals surface area contributed by atoms with Crippen LogP contribution in [0.4, 0.5) is 0 Å². The average molecular weight is 578 g/mol. The normalized spacial score (nSPS) is 28.8. The van der Waals surface area contributed by atoms with Crippen molar-refractivity contribution < 1.29 is 5.11 Å². The Bertz CT molecular complexity index is 683. The number of hydrogen-bond donors (Lipinski definition) is 5. The maximum atomic E-state index is 10.8. The van der Waals surface area contributed by atoms with Gasteiger partial charge in [-0.25, -0.2) is 0 Å². The molecule has 1 saturated heterocycles. The van der Waals surface area contributed by atoms with E-state index in [1.165, 1.54) is 77.0 Å². The van der Waals surface area contributed by atoms with Crippen molar-refractivity contribution >= 4 is 0 Å². The summed E-state index contributed by atoms with van der Waals surface area (Å²) in [6.07, 6.45) is 17.1. The quantitative estimate of drug-likeness (QED) is 0.156. The van der Waals surface area contributed by atoms with Gasteiger partial charge >= 0.3 is 0 Å². The highest BCUT2D eigenvalue weighted by atomic mass is 16.3. The molecular formula is C35H71N5O. The molecular weight excluding hydrogens is 506 g/mol. The van der Waals surface area contributed by atoms with Crippen LogP contribution in [0.1, 0.15) is 125 Å². The van der Waals surface area contributed by atoms with Gasteiger partial charge in [0.1, 0.15) is 0 Å². The Kier molecular flexibility index (Phi) is 15.4. The van der Waals surface area contributed by atoms with Crippen LogP contribution in [0, 0.1) is 29.1 Å². The number of likely N-dealkylation sites (tertiary alicyclic amines) is 1. The van der Waals surface area contributed by atoms with E-state index in [0.717, 1.165) is 56.9 Å². The maximum Gasteiger partial charge on any atom is 0.0677 e. The first kappa shape index (κ1) is 35.2. The standard InChI is InChI=1S/C35H71N5O/c1-7-26(2)33(21-36)39-24-32-14-11-19-40(32)25-34(27(3)41)38-23-31(20-28-12-9-8-10-13-28)37-22-29-15-17-30(18-16-29)35(4,5)6/h26-34,37-39,41H,7-25,36H2,1-6H3/t26-,27+,29?,30?,31+,32-,33-,34-/m0/s1. The second kappa shape index (κ2) is 17.9. The molecule has 3 rings (SSSR count). The van der Waals surface area contributed by atoms with Crippen molar-refractivity contribution in [3.8, 4) is 0 Å². The van der Waals surface area contributed by atoms with Crippen molar-refractivity contribution in [2.45, 2.75) is 155 Å². The third-order valence-electron chi connectivity index (χ3n) is 11.4. The first-order valence-corrected chi connectivity index (χ1v) is 17.9. The molecule has 1 heterocycles. The highest BCUT2D eigenvalue weighted by Gasteiger charge is 2.32. The highest BCUT2D eigenvalue weighted by molar-refractivity contribution is 4.89. The summed E-state index contributed by atoms with van der Waals surface area (Å²) >= 11 is 0. The summed E-state index contributed by atoms with van der Waals surface area (Å²) in [5, 5.41) is 22.6. The minimum absolute atomic E-state index is 0.105. The minimum Gasteiger partial charge on any atom is -0.392 e. The molecule has 242 valence electrons. The molecule has 6 heteroatoms. The first-order chi connectivity index (χ1) is 19.6. The Labute approximate surface area is 255 Å². The molecule has 0 amide bonds. The molecule has 3 fully saturated rings. The predicted octanol–water partition coefficient (Wildman–Crippen LogP) is 5.53. The number of nitrogens with two attached hydrogens (primary N) is 1.